The lowest BCUT2D eigenvalue weighted by molar-refractivity contribution is 0.111. The molecule has 0 saturated carbocycles. The van der Waals surface area contributed by atoms with E-state index in [-0.39, 0.29) is 0 Å². The van der Waals surface area contributed by atoms with Gasteiger partial charge in [0.25, 0.3) is 0 Å². The highest BCUT2D eigenvalue weighted by Gasteiger charge is 2.22. The Morgan fingerprint density at radius 3 is 2.44 bits per heavy atom. The van der Waals surface area contributed by atoms with Gasteiger partial charge in [-0.05, 0) is 0 Å². The van der Waals surface area contributed by atoms with Gasteiger partial charge in [0.1, 0.15) is 4.32 Å². The molecule has 2 aliphatic heterocycles. The van der Waals surface area contributed by atoms with Crippen molar-refractivity contribution < 1.29 is 0 Å². The molecule has 0 aromatic carbocycles. The zero-order valence-electron chi connectivity index (χ0n) is 9.39. The maximum absolute atomic E-state index is 5.31. The second kappa shape index (κ2) is 5.87. The van der Waals surface area contributed by atoms with Crippen LogP contribution in [0.5, 0.6) is 0 Å². The summed E-state index contributed by atoms with van der Waals surface area (Å²) in [4.78, 5) is 7.09. The van der Waals surface area contributed by atoms with Gasteiger partial charge >= 0.3 is 0 Å². The van der Waals surface area contributed by atoms with Gasteiger partial charge in [-0.25, -0.2) is 0 Å². The number of nitrogens with zero attached hydrogens (tertiary/aromatic N) is 3. The van der Waals surface area contributed by atoms with Gasteiger partial charge in [-0.3, -0.25) is 9.80 Å². The Kier molecular flexibility index (Phi) is 4.47. The molecule has 2 aliphatic rings. The first kappa shape index (κ1) is 12.2. The number of thiocarbonyl (C=S) groups is 1. The van der Waals surface area contributed by atoms with Crippen LogP contribution in [-0.2, 0) is 0 Å². The van der Waals surface area contributed by atoms with Crippen molar-refractivity contribution in [3.63, 3.8) is 0 Å². The zero-order chi connectivity index (χ0) is 11.4. The van der Waals surface area contributed by atoms with Crippen molar-refractivity contribution in [2.75, 3.05) is 51.7 Å². The summed E-state index contributed by atoms with van der Waals surface area (Å²) in [7, 11) is 0. The molecule has 0 bridgehead atoms. The Morgan fingerprint density at radius 1 is 1.19 bits per heavy atom. The summed E-state index contributed by atoms with van der Waals surface area (Å²) in [5.74, 6) is 3.85. The van der Waals surface area contributed by atoms with Crippen LogP contribution in [0.15, 0.2) is 0 Å². The fraction of sp³-hybridized carbons (Fsp3) is 0.727. The Hall–Kier alpha value is -0.280. The van der Waals surface area contributed by atoms with Gasteiger partial charge in [0.2, 0.25) is 0 Å². The van der Waals surface area contributed by atoms with Crippen LogP contribution in [0, 0.1) is 12.3 Å². The van der Waals surface area contributed by atoms with Crippen molar-refractivity contribution in [2.24, 2.45) is 0 Å². The van der Waals surface area contributed by atoms with Crippen molar-refractivity contribution in [1.29, 1.82) is 0 Å². The first-order chi connectivity index (χ1) is 7.79. The van der Waals surface area contributed by atoms with E-state index in [1.54, 1.807) is 11.8 Å². The average molecular weight is 255 g/mol. The predicted molar refractivity (Wildman–Crippen MR) is 73.5 cm³/mol. The van der Waals surface area contributed by atoms with Gasteiger partial charge in [-0.1, -0.05) is 29.9 Å². The van der Waals surface area contributed by atoms with Crippen LogP contribution in [-0.4, -0.2) is 70.7 Å². The Morgan fingerprint density at radius 2 is 1.88 bits per heavy atom. The lowest BCUT2D eigenvalue weighted by atomic mass is 10.3. The minimum atomic E-state index is 0.784. The highest BCUT2D eigenvalue weighted by molar-refractivity contribution is 8.23. The molecule has 0 spiro atoms. The largest absolute Gasteiger partial charge is 0.344 e. The zero-order valence-corrected chi connectivity index (χ0v) is 11.0. The van der Waals surface area contributed by atoms with Gasteiger partial charge in [0.05, 0.1) is 13.2 Å². The monoisotopic (exact) mass is 255 g/mol. The molecular formula is C11H17N3S2. The fourth-order valence-electron chi connectivity index (χ4n) is 2.01. The molecule has 0 unspecified atom stereocenters. The Bertz CT molecular complexity index is 292. The molecule has 5 heteroatoms. The molecule has 0 aromatic rings. The second-order valence-corrected chi connectivity index (χ2v) is 5.85. The number of terminal acetylenes is 1. The molecule has 0 aromatic heterocycles. The quantitative estimate of drug-likeness (QED) is 0.536. The van der Waals surface area contributed by atoms with Gasteiger partial charge in [-0.2, -0.15) is 0 Å². The van der Waals surface area contributed by atoms with Crippen molar-refractivity contribution in [3.8, 4) is 12.3 Å². The average Bonchev–Trinajstić information content (AvgIpc) is 2.68. The summed E-state index contributed by atoms with van der Waals surface area (Å²) in [6.07, 6.45) is 5.31. The summed E-state index contributed by atoms with van der Waals surface area (Å²) in [5, 5.41) is 0. The lowest BCUT2D eigenvalue weighted by Gasteiger charge is -2.36. The van der Waals surface area contributed by atoms with Crippen LogP contribution in [0.3, 0.4) is 0 Å². The maximum atomic E-state index is 5.31. The SMILES string of the molecule is C#CCN1CCN(CN2CCSC2=S)CC1. The van der Waals surface area contributed by atoms with Crippen molar-refractivity contribution in [3.05, 3.63) is 0 Å². The van der Waals surface area contributed by atoms with Gasteiger partial charge in [0, 0.05) is 38.5 Å². The summed E-state index contributed by atoms with van der Waals surface area (Å²) in [6.45, 7) is 7.25. The Labute approximate surface area is 107 Å². The first-order valence-electron chi connectivity index (χ1n) is 5.59. The van der Waals surface area contributed by atoms with E-state index < -0.39 is 0 Å². The van der Waals surface area contributed by atoms with E-state index in [0.717, 1.165) is 56.0 Å². The van der Waals surface area contributed by atoms with E-state index in [9.17, 15) is 0 Å². The fourth-order valence-corrected chi connectivity index (χ4v) is 3.23. The minimum Gasteiger partial charge on any atom is -0.344 e. The minimum absolute atomic E-state index is 0.784. The lowest BCUT2D eigenvalue weighted by Crippen LogP contribution is -2.50. The highest BCUT2D eigenvalue weighted by Crippen LogP contribution is 2.18. The molecule has 0 N–H and O–H groups in total. The summed E-state index contributed by atoms with van der Waals surface area (Å²) in [5.41, 5.74) is 0. The second-order valence-electron chi connectivity index (χ2n) is 4.12. The van der Waals surface area contributed by atoms with Gasteiger partial charge in [-0.15, -0.1) is 6.42 Å². The van der Waals surface area contributed by atoms with Gasteiger partial charge in [0.15, 0.2) is 0 Å². The van der Waals surface area contributed by atoms with Crippen molar-refractivity contribution >= 4 is 28.3 Å². The number of hydrogen-bond donors (Lipinski definition) is 0. The van der Waals surface area contributed by atoms with E-state index in [1.807, 2.05) is 0 Å². The number of thioether (sulfide) groups is 1. The standard InChI is InChI=1S/C11H17N3S2/c1-2-3-12-4-6-13(7-5-12)10-14-8-9-16-11(14)15/h1H,3-10H2. The normalized spacial score (nSPS) is 23.7. The van der Waals surface area contributed by atoms with Crippen LogP contribution in [0.4, 0.5) is 0 Å². The van der Waals surface area contributed by atoms with Crippen molar-refractivity contribution in [1.82, 2.24) is 14.7 Å². The maximum Gasteiger partial charge on any atom is 0.137 e. The van der Waals surface area contributed by atoms with Crippen LogP contribution in [0.2, 0.25) is 0 Å². The van der Waals surface area contributed by atoms with Gasteiger partial charge < -0.3 is 4.90 Å². The molecule has 0 radical (unpaired) electrons. The topological polar surface area (TPSA) is 9.72 Å². The molecule has 2 rings (SSSR count). The molecule has 0 atom stereocenters. The summed E-state index contributed by atoms with van der Waals surface area (Å²) >= 11 is 7.10. The third kappa shape index (κ3) is 3.11. The number of hydrogen-bond acceptors (Lipinski definition) is 4. The number of rotatable bonds is 3. The van der Waals surface area contributed by atoms with Crippen LogP contribution >= 0.6 is 24.0 Å². The third-order valence-corrected chi connectivity index (χ3v) is 4.50. The van der Waals surface area contributed by atoms with Crippen LogP contribution in [0.1, 0.15) is 0 Å². The summed E-state index contributed by atoms with van der Waals surface area (Å²) < 4.78 is 1.06. The third-order valence-electron chi connectivity index (χ3n) is 3.00. The molecule has 88 valence electrons. The van der Waals surface area contributed by atoms with E-state index in [1.165, 1.54) is 0 Å². The first-order valence-corrected chi connectivity index (χ1v) is 6.99. The molecular weight excluding hydrogens is 238 g/mol. The molecule has 16 heavy (non-hydrogen) atoms. The Balaban J connectivity index is 1.73. The van der Waals surface area contributed by atoms with E-state index >= 15 is 0 Å². The molecule has 0 amide bonds. The van der Waals surface area contributed by atoms with E-state index in [0.29, 0.717) is 0 Å². The summed E-state index contributed by atoms with van der Waals surface area (Å²) in [6, 6.07) is 0. The smallest absolute Gasteiger partial charge is 0.137 e. The van der Waals surface area contributed by atoms with E-state index in [2.05, 4.69) is 20.6 Å². The molecule has 0 aliphatic carbocycles. The molecule has 2 heterocycles. The number of piperazine rings is 1. The van der Waals surface area contributed by atoms with Crippen molar-refractivity contribution in [2.45, 2.75) is 0 Å². The van der Waals surface area contributed by atoms with E-state index in [4.69, 9.17) is 18.6 Å². The molecule has 2 fully saturated rings. The highest BCUT2D eigenvalue weighted by atomic mass is 32.2. The predicted octanol–water partition coefficient (Wildman–Crippen LogP) is 0.528. The van der Waals surface area contributed by atoms with Crippen LogP contribution < -0.4 is 0 Å². The molecule has 2 saturated heterocycles. The molecule has 3 nitrogen and oxygen atoms in total. The van der Waals surface area contributed by atoms with Crippen LogP contribution in [0.25, 0.3) is 0 Å².